The number of hydrogen-bond acceptors (Lipinski definition) is 2. The van der Waals surface area contributed by atoms with Gasteiger partial charge in [-0.2, -0.15) is 0 Å². The van der Waals surface area contributed by atoms with Gasteiger partial charge in [0.05, 0.1) is 7.11 Å². The van der Waals surface area contributed by atoms with Gasteiger partial charge in [-0.15, -0.1) is 0 Å². The number of rotatable bonds is 10. The van der Waals surface area contributed by atoms with Gasteiger partial charge in [-0.05, 0) is 36.6 Å². The molecule has 1 aromatic carbocycles. The van der Waals surface area contributed by atoms with Crippen molar-refractivity contribution in [2.24, 2.45) is 5.73 Å². The zero-order valence-corrected chi connectivity index (χ0v) is 13.5. The molecule has 0 aliphatic heterocycles. The lowest BCUT2D eigenvalue weighted by molar-refractivity contribution is 0.414. The van der Waals surface area contributed by atoms with Crippen molar-refractivity contribution in [1.29, 1.82) is 0 Å². The van der Waals surface area contributed by atoms with E-state index >= 15 is 0 Å². The molecular formula is C18H31NO. The molecule has 0 saturated heterocycles. The van der Waals surface area contributed by atoms with E-state index in [1.165, 1.54) is 56.1 Å². The van der Waals surface area contributed by atoms with Crippen molar-refractivity contribution in [3.8, 4) is 5.75 Å². The average molecular weight is 277 g/mol. The Morgan fingerprint density at radius 3 is 2.30 bits per heavy atom. The number of benzene rings is 1. The summed E-state index contributed by atoms with van der Waals surface area (Å²) in [6.07, 6.45) is 10.5. The molecule has 20 heavy (non-hydrogen) atoms. The lowest BCUT2D eigenvalue weighted by Gasteiger charge is -2.15. The first-order valence-corrected chi connectivity index (χ1v) is 8.09. The van der Waals surface area contributed by atoms with Crippen molar-refractivity contribution >= 4 is 0 Å². The van der Waals surface area contributed by atoms with E-state index in [-0.39, 0.29) is 6.04 Å². The van der Waals surface area contributed by atoms with Crippen LogP contribution >= 0.6 is 0 Å². The van der Waals surface area contributed by atoms with Gasteiger partial charge < -0.3 is 10.5 Å². The summed E-state index contributed by atoms with van der Waals surface area (Å²) in [5, 5.41) is 0. The van der Waals surface area contributed by atoms with E-state index in [0.717, 1.165) is 12.2 Å². The van der Waals surface area contributed by atoms with Gasteiger partial charge in [0.2, 0.25) is 0 Å². The molecule has 2 nitrogen and oxygen atoms in total. The summed E-state index contributed by atoms with van der Waals surface area (Å²) < 4.78 is 5.23. The zero-order chi connectivity index (χ0) is 14.8. The molecule has 0 saturated carbocycles. The smallest absolute Gasteiger partial charge is 0.119 e. The number of unbranched alkanes of at least 4 members (excludes halogenated alkanes) is 6. The summed E-state index contributed by atoms with van der Waals surface area (Å²) in [7, 11) is 1.70. The van der Waals surface area contributed by atoms with Crippen molar-refractivity contribution < 1.29 is 4.74 Å². The fourth-order valence-corrected chi connectivity index (χ4v) is 2.67. The van der Waals surface area contributed by atoms with Crippen LogP contribution in [0.4, 0.5) is 0 Å². The van der Waals surface area contributed by atoms with E-state index in [9.17, 15) is 0 Å². The molecule has 0 aliphatic rings. The Kier molecular flexibility index (Phi) is 8.36. The molecular weight excluding hydrogens is 246 g/mol. The molecule has 0 aromatic heterocycles. The third-order valence-electron chi connectivity index (χ3n) is 4.00. The van der Waals surface area contributed by atoms with Crippen LogP contribution in [-0.4, -0.2) is 7.11 Å². The summed E-state index contributed by atoms with van der Waals surface area (Å²) in [5.74, 6) is 0.911. The quantitative estimate of drug-likeness (QED) is 0.601. The highest BCUT2D eigenvalue weighted by Crippen LogP contribution is 2.24. The SMILES string of the molecule is CCCCCCCCCC(N)c1ccc(OC)cc1C. The van der Waals surface area contributed by atoms with Crippen molar-refractivity contribution in [3.63, 3.8) is 0 Å². The maximum absolute atomic E-state index is 6.31. The van der Waals surface area contributed by atoms with E-state index in [1.54, 1.807) is 7.11 Å². The third-order valence-corrected chi connectivity index (χ3v) is 4.00. The highest BCUT2D eigenvalue weighted by atomic mass is 16.5. The average Bonchev–Trinajstić information content (AvgIpc) is 2.45. The molecule has 114 valence electrons. The molecule has 0 bridgehead atoms. The molecule has 1 atom stereocenters. The van der Waals surface area contributed by atoms with Gasteiger partial charge in [0.25, 0.3) is 0 Å². The Morgan fingerprint density at radius 1 is 1.05 bits per heavy atom. The molecule has 0 aliphatic carbocycles. The van der Waals surface area contributed by atoms with Crippen LogP contribution in [0.3, 0.4) is 0 Å². The Bertz CT molecular complexity index is 376. The van der Waals surface area contributed by atoms with Crippen molar-refractivity contribution in [2.45, 2.75) is 71.3 Å². The van der Waals surface area contributed by atoms with E-state index in [4.69, 9.17) is 10.5 Å². The van der Waals surface area contributed by atoms with E-state index < -0.39 is 0 Å². The molecule has 2 heteroatoms. The summed E-state index contributed by atoms with van der Waals surface area (Å²) in [4.78, 5) is 0. The molecule has 0 spiro atoms. The van der Waals surface area contributed by atoms with E-state index in [1.807, 2.05) is 6.07 Å². The van der Waals surface area contributed by atoms with Crippen LogP contribution in [0.25, 0.3) is 0 Å². The van der Waals surface area contributed by atoms with Crippen molar-refractivity contribution in [1.82, 2.24) is 0 Å². The molecule has 0 fully saturated rings. The number of ether oxygens (including phenoxy) is 1. The van der Waals surface area contributed by atoms with Crippen LogP contribution in [-0.2, 0) is 0 Å². The van der Waals surface area contributed by atoms with Gasteiger partial charge in [-0.3, -0.25) is 0 Å². The van der Waals surface area contributed by atoms with Gasteiger partial charge in [-0.25, -0.2) is 0 Å². The molecule has 0 amide bonds. The Morgan fingerprint density at radius 2 is 1.70 bits per heavy atom. The monoisotopic (exact) mass is 277 g/mol. The highest BCUT2D eigenvalue weighted by molar-refractivity contribution is 5.36. The third kappa shape index (κ3) is 5.96. The molecule has 1 aromatic rings. The predicted octanol–water partition coefficient (Wildman–Crippen LogP) is 5.14. The lowest BCUT2D eigenvalue weighted by Crippen LogP contribution is -2.11. The summed E-state index contributed by atoms with van der Waals surface area (Å²) in [5.41, 5.74) is 8.81. The maximum atomic E-state index is 6.31. The predicted molar refractivity (Wildman–Crippen MR) is 87.3 cm³/mol. The molecule has 0 heterocycles. The molecule has 0 radical (unpaired) electrons. The fourth-order valence-electron chi connectivity index (χ4n) is 2.67. The van der Waals surface area contributed by atoms with Gasteiger partial charge in [-0.1, -0.05) is 57.9 Å². The molecule has 2 N–H and O–H groups in total. The first kappa shape index (κ1) is 17.0. The first-order valence-electron chi connectivity index (χ1n) is 8.09. The minimum atomic E-state index is 0.163. The topological polar surface area (TPSA) is 35.2 Å². The number of nitrogens with two attached hydrogens (primary N) is 1. The Balaban J connectivity index is 2.27. The molecule has 1 rings (SSSR count). The van der Waals surface area contributed by atoms with E-state index in [0.29, 0.717) is 0 Å². The van der Waals surface area contributed by atoms with Crippen LogP contribution < -0.4 is 10.5 Å². The molecule has 1 unspecified atom stereocenters. The fraction of sp³-hybridized carbons (Fsp3) is 0.667. The zero-order valence-electron chi connectivity index (χ0n) is 13.5. The lowest BCUT2D eigenvalue weighted by atomic mass is 9.96. The normalized spacial score (nSPS) is 12.4. The van der Waals surface area contributed by atoms with Crippen molar-refractivity contribution in [3.05, 3.63) is 29.3 Å². The maximum Gasteiger partial charge on any atom is 0.119 e. The Labute approximate surface area is 124 Å². The largest absolute Gasteiger partial charge is 0.497 e. The second-order valence-corrected chi connectivity index (χ2v) is 5.74. The minimum Gasteiger partial charge on any atom is -0.497 e. The second-order valence-electron chi connectivity index (χ2n) is 5.74. The van der Waals surface area contributed by atoms with Gasteiger partial charge in [0.15, 0.2) is 0 Å². The number of hydrogen-bond donors (Lipinski definition) is 1. The van der Waals surface area contributed by atoms with Crippen molar-refractivity contribution in [2.75, 3.05) is 7.11 Å². The van der Waals surface area contributed by atoms with Crippen LogP contribution in [0.15, 0.2) is 18.2 Å². The van der Waals surface area contributed by atoms with Crippen LogP contribution in [0, 0.1) is 6.92 Å². The highest BCUT2D eigenvalue weighted by Gasteiger charge is 2.09. The first-order chi connectivity index (χ1) is 9.69. The Hall–Kier alpha value is -1.02. The van der Waals surface area contributed by atoms with Crippen LogP contribution in [0.1, 0.15) is 75.5 Å². The van der Waals surface area contributed by atoms with Gasteiger partial charge in [0.1, 0.15) is 5.75 Å². The summed E-state index contributed by atoms with van der Waals surface area (Å²) in [6.45, 7) is 4.37. The summed E-state index contributed by atoms with van der Waals surface area (Å²) in [6, 6.07) is 6.35. The number of methoxy groups -OCH3 is 1. The minimum absolute atomic E-state index is 0.163. The standard InChI is InChI=1S/C18H31NO/c1-4-5-6-7-8-9-10-11-18(19)17-13-12-16(20-3)14-15(17)2/h12-14,18H,4-11,19H2,1-3H3. The number of aryl methyl sites for hydroxylation is 1. The second kappa shape index (κ2) is 9.82. The van der Waals surface area contributed by atoms with Crippen LogP contribution in [0.5, 0.6) is 5.75 Å². The summed E-state index contributed by atoms with van der Waals surface area (Å²) >= 11 is 0. The van der Waals surface area contributed by atoms with E-state index in [2.05, 4.69) is 26.0 Å². The van der Waals surface area contributed by atoms with Gasteiger partial charge >= 0.3 is 0 Å². The van der Waals surface area contributed by atoms with Crippen LogP contribution in [0.2, 0.25) is 0 Å². The van der Waals surface area contributed by atoms with Gasteiger partial charge in [0, 0.05) is 6.04 Å².